The summed E-state index contributed by atoms with van der Waals surface area (Å²) >= 11 is 0. The van der Waals surface area contributed by atoms with Gasteiger partial charge >= 0.3 is 6.09 Å². The molecule has 1 atom stereocenters. The molecule has 2 aromatic heterocycles. The van der Waals surface area contributed by atoms with Crippen LogP contribution in [-0.2, 0) is 11.3 Å². The number of aromatic nitrogens is 4. The van der Waals surface area contributed by atoms with E-state index in [4.69, 9.17) is 4.74 Å². The molecule has 0 aliphatic carbocycles. The Morgan fingerprint density at radius 1 is 1.03 bits per heavy atom. The molecule has 0 saturated carbocycles. The molecule has 2 aromatic carbocycles. The van der Waals surface area contributed by atoms with Crippen LogP contribution in [-0.4, -0.2) is 49.6 Å². The van der Waals surface area contributed by atoms with Crippen molar-refractivity contribution >= 4 is 23.1 Å². The van der Waals surface area contributed by atoms with Crippen LogP contribution in [0.15, 0.2) is 73.2 Å². The fourth-order valence-corrected chi connectivity index (χ4v) is 4.17. The molecule has 1 unspecified atom stereocenters. The molecule has 1 fully saturated rings. The van der Waals surface area contributed by atoms with E-state index in [1.807, 2.05) is 70.1 Å². The quantitative estimate of drug-likeness (QED) is 0.476. The normalized spacial score (nSPS) is 16.0. The van der Waals surface area contributed by atoms with Gasteiger partial charge < -0.3 is 15.0 Å². The number of hydrogen-bond acceptors (Lipinski definition) is 6. The number of para-hydroxylation sites is 2. The summed E-state index contributed by atoms with van der Waals surface area (Å²) in [4.78, 5) is 28.1. The molecule has 8 heteroatoms. The number of hydrogen-bond donors (Lipinski definition) is 1. The first-order valence-electron chi connectivity index (χ1n) is 11.2. The van der Waals surface area contributed by atoms with Gasteiger partial charge in [-0.15, -0.1) is 0 Å². The van der Waals surface area contributed by atoms with Crippen molar-refractivity contribution in [3.63, 3.8) is 0 Å². The number of likely N-dealkylation sites (tertiary alicyclic amines) is 1. The lowest BCUT2D eigenvalue weighted by Crippen LogP contribution is -2.47. The smallest absolute Gasteiger partial charge is 0.410 e. The average molecular weight is 443 g/mol. The zero-order valence-corrected chi connectivity index (χ0v) is 18.3. The molecular weight excluding hydrogens is 416 g/mol. The predicted molar refractivity (Wildman–Crippen MR) is 126 cm³/mol. The number of carbonyl (C=O) groups excluding carboxylic acids is 1. The van der Waals surface area contributed by atoms with Crippen LogP contribution in [0.3, 0.4) is 0 Å². The monoisotopic (exact) mass is 442 g/mol. The van der Waals surface area contributed by atoms with Crippen LogP contribution in [0.1, 0.15) is 24.8 Å². The van der Waals surface area contributed by atoms with Gasteiger partial charge in [0.15, 0.2) is 0 Å². The largest absolute Gasteiger partial charge is 0.445 e. The Morgan fingerprint density at radius 3 is 2.79 bits per heavy atom. The third-order valence-corrected chi connectivity index (χ3v) is 5.90. The number of nitrogens with zero attached hydrogens (tertiary/aromatic N) is 5. The van der Waals surface area contributed by atoms with Gasteiger partial charge in [0.25, 0.3) is 0 Å². The van der Waals surface area contributed by atoms with Crippen molar-refractivity contribution < 1.29 is 9.53 Å². The third kappa shape index (κ3) is 4.79. The molecule has 1 amide bonds. The van der Waals surface area contributed by atoms with Crippen LogP contribution in [0, 0.1) is 0 Å². The number of piperidine rings is 1. The van der Waals surface area contributed by atoms with Crippen LogP contribution >= 0.6 is 0 Å². The standard InChI is InChI=1S/C25H26N6O2/c32-25(33-17-19-8-2-1-3-9-19)30-15-7-6-10-20(30)16-27-24-26-14-13-23(29-24)31-18-28-21-11-4-5-12-22(21)31/h1-5,8-9,11-14,18,20H,6-7,10,15-17H2,(H,26,27,29). The number of benzene rings is 2. The van der Waals surface area contributed by atoms with E-state index in [1.165, 1.54) is 0 Å². The second kappa shape index (κ2) is 9.68. The number of imidazole rings is 1. The van der Waals surface area contributed by atoms with E-state index < -0.39 is 0 Å². The lowest BCUT2D eigenvalue weighted by atomic mass is 10.0. The second-order valence-corrected chi connectivity index (χ2v) is 8.11. The highest BCUT2D eigenvalue weighted by Gasteiger charge is 2.28. The highest BCUT2D eigenvalue weighted by molar-refractivity contribution is 5.76. The maximum atomic E-state index is 12.8. The van der Waals surface area contributed by atoms with Gasteiger partial charge in [0, 0.05) is 19.3 Å². The molecular formula is C25H26N6O2. The molecule has 8 nitrogen and oxygen atoms in total. The minimum atomic E-state index is -0.273. The minimum Gasteiger partial charge on any atom is -0.445 e. The van der Waals surface area contributed by atoms with Crippen molar-refractivity contribution in [2.24, 2.45) is 0 Å². The van der Waals surface area contributed by atoms with Crippen LogP contribution in [0.5, 0.6) is 0 Å². The summed E-state index contributed by atoms with van der Waals surface area (Å²) in [6, 6.07) is 19.6. The molecule has 0 bridgehead atoms. The number of nitrogens with one attached hydrogen (secondary N) is 1. The van der Waals surface area contributed by atoms with E-state index in [1.54, 1.807) is 12.5 Å². The lowest BCUT2D eigenvalue weighted by Gasteiger charge is -2.35. The summed E-state index contributed by atoms with van der Waals surface area (Å²) in [5.74, 6) is 1.26. The van der Waals surface area contributed by atoms with Crippen molar-refractivity contribution in [2.75, 3.05) is 18.4 Å². The molecule has 0 radical (unpaired) electrons. The highest BCUT2D eigenvalue weighted by atomic mass is 16.6. The van der Waals surface area contributed by atoms with Gasteiger partial charge in [0.1, 0.15) is 18.8 Å². The maximum absolute atomic E-state index is 12.8. The van der Waals surface area contributed by atoms with Gasteiger partial charge in [-0.1, -0.05) is 42.5 Å². The zero-order chi connectivity index (χ0) is 22.5. The Kier molecular flexibility index (Phi) is 6.14. The first-order valence-corrected chi connectivity index (χ1v) is 11.2. The minimum absolute atomic E-state index is 0.0309. The predicted octanol–water partition coefficient (Wildman–Crippen LogP) is 4.42. The molecule has 1 N–H and O–H groups in total. The molecule has 33 heavy (non-hydrogen) atoms. The van der Waals surface area contributed by atoms with Gasteiger partial charge in [0.05, 0.1) is 17.1 Å². The van der Waals surface area contributed by atoms with E-state index in [-0.39, 0.29) is 18.7 Å². The summed E-state index contributed by atoms with van der Waals surface area (Å²) in [6.07, 6.45) is 6.20. The summed E-state index contributed by atoms with van der Waals surface area (Å²) in [7, 11) is 0. The number of fused-ring (bicyclic) bond motifs is 1. The molecule has 3 heterocycles. The van der Waals surface area contributed by atoms with Crippen LogP contribution in [0.25, 0.3) is 16.9 Å². The van der Waals surface area contributed by atoms with Crippen molar-refractivity contribution in [2.45, 2.75) is 31.9 Å². The molecule has 5 rings (SSSR count). The first kappa shape index (κ1) is 20.9. The number of ether oxygens (including phenoxy) is 1. The molecule has 168 valence electrons. The lowest BCUT2D eigenvalue weighted by molar-refractivity contribution is 0.0708. The maximum Gasteiger partial charge on any atom is 0.410 e. The highest BCUT2D eigenvalue weighted by Crippen LogP contribution is 2.20. The Balaban J connectivity index is 1.24. The Hall–Kier alpha value is -3.94. The Labute approximate surface area is 192 Å². The topological polar surface area (TPSA) is 85.2 Å². The van der Waals surface area contributed by atoms with E-state index in [9.17, 15) is 4.79 Å². The van der Waals surface area contributed by atoms with Gasteiger partial charge in [0.2, 0.25) is 5.95 Å². The Morgan fingerprint density at radius 2 is 1.88 bits per heavy atom. The number of amides is 1. The fourth-order valence-electron chi connectivity index (χ4n) is 4.17. The van der Waals surface area contributed by atoms with Crippen LogP contribution in [0.4, 0.5) is 10.7 Å². The van der Waals surface area contributed by atoms with Gasteiger partial charge in [-0.3, -0.25) is 4.57 Å². The van der Waals surface area contributed by atoms with E-state index in [0.29, 0.717) is 19.0 Å². The van der Waals surface area contributed by atoms with Crippen molar-refractivity contribution in [1.82, 2.24) is 24.4 Å². The summed E-state index contributed by atoms with van der Waals surface area (Å²) in [6.45, 7) is 1.54. The average Bonchev–Trinajstić information content (AvgIpc) is 3.31. The fraction of sp³-hybridized carbons (Fsp3) is 0.280. The van der Waals surface area contributed by atoms with E-state index in [0.717, 1.165) is 41.7 Å². The zero-order valence-electron chi connectivity index (χ0n) is 18.3. The SMILES string of the molecule is O=C(OCc1ccccc1)N1CCCCC1CNc1nccc(-n2cnc3ccccc32)n1. The number of anilines is 1. The van der Waals surface area contributed by atoms with Gasteiger partial charge in [-0.05, 0) is 43.0 Å². The first-order chi connectivity index (χ1) is 16.3. The van der Waals surface area contributed by atoms with Crippen LogP contribution < -0.4 is 5.32 Å². The number of carbonyl (C=O) groups is 1. The number of rotatable bonds is 6. The summed E-state index contributed by atoms with van der Waals surface area (Å²) < 4.78 is 7.52. The van der Waals surface area contributed by atoms with Crippen LogP contribution in [0.2, 0.25) is 0 Å². The second-order valence-electron chi connectivity index (χ2n) is 8.11. The van der Waals surface area contributed by atoms with E-state index >= 15 is 0 Å². The van der Waals surface area contributed by atoms with E-state index in [2.05, 4.69) is 20.3 Å². The molecule has 0 spiro atoms. The summed E-state index contributed by atoms with van der Waals surface area (Å²) in [5.41, 5.74) is 2.88. The van der Waals surface area contributed by atoms with Crippen molar-refractivity contribution in [3.05, 3.63) is 78.8 Å². The molecule has 1 saturated heterocycles. The Bertz CT molecular complexity index is 1230. The molecule has 1 aliphatic rings. The van der Waals surface area contributed by atoms with Crippen molar-refractivity contribution in [1.29, 1.82) is 0 Å². The van der Waals surface area contributed by atoms with Crippen molar-refractivity contribution in [3.8, 4) is 5.82 Å². The van der Waals surface area contributed by atoms with Gasteiger partial charge in [-0.25, -0.2) is 14.8 Å². The van der Waals surface area contributed by atoms with Gasteiger partial charge in [-0.2, -0.15) is 4.98 Å². The third-order valence-electron chi connectivity index (χ3n) is 5.90. The summed E-state index contributed by atoms with van der Waals surface area (Å²) in [5, 5.41) is 3.32. The molecule has 1 aliphatic heterocycles. The molecule has 4 aromatic rings.